The third-order valence-electron chi connectivity index (χ3n) is 7.79. The van der Waals surface area contributed by atoms with Crippen molar-refractivity contribution < 1.29 is 17.9 Å². The molecule has 3 heterocycles. The Morgan fingerprint density at radius 1 is 0.878 bits per heavy atom. The number of para-hydroxylation sites is 1. The molecule has 1 aromatic heterocycles. The zero-order valence-corrected chi connectivity index (χ0v) is 24.9. The van der Waals surface area contributed by atoms with Crippen molar-refractivity contribution in [2.75, 3.05) is 49.1 Å². The molecular formula is C31H34N4O4S2. The largest absolute Gasteiger partial charge is 0.423 e. The van der Waals surface area contributed by atoms with Crippen LogP contribution in [-0.4, -0.2) is 62.9 Å². The summed E-state index contributed by atoms with van der Waals surface area (Å²) in [4.78, 5) is 22.6. The number of hydrogen-bond donors (Lipinski definition) is 0. The smallest absolute Gasteiger partial charge is 0.343 e. The number of hydrogen-bond acceptors (Lipinski definition) is 8. The van der Waals surface area contributed by atoms with Crippen molar-refractivity contribution in [3.05, 3.63) is 78.4 Å². The van der Waals surface area contributed by atoms with Gasteiger partial charge in [-0.05, 0) is 66.8 Å². The van der Waals surface area contributed by atoms with E-state index in [2.05, 4.69) is 47.9 Å². The van der Waals surface area contributed by atoms with E-state index in [1.54, 1.807) is 21.7 Å². The summed E-state index contributed by atoms with van der Waals surface area (Å²) in [6.45, 7) is 8.82. The van der Waals surface area contributed by atoms with Crippen LogP contribution in [-0.2, 0) is 10.0 Å². The van der Waals surface area contributed by atoms with Crippen molar-refractivity contribution in [3.63, 3.8) is 0 Å². The molecule has 2 fully saturated rings. The van der Waals surface area contributed by atoms with Gasteiger partial charge in [-0.15, -0.1) is 0 Å². The molecule has 0 N–H and O–H groups in total. The molecule has 0 bridgehead atoms. The van der Waals surface area contributed by atoms with E-state index in [9.17, 15) is 13.2 Å². The van der Waals surface area contributed by atoms with Gasteiger partial charge in [0, 0.05) is 51.0 Å². The summed E-state index contributed by atoms with van der Waals surface area (Å²) >= 11 is 1.59. The van der Waals surface area contributed by atoms with Crippen LogP contribution in [0.1, 0.15) is 30.6 Å². The number of thiazole rings is 1. The molecule has 8 nitrogen and oxygen atoms in total. The minimum Gasteiger partial charge on any atom is -0.423 e. The van der Waals surface area contributed by atoms with E-state index in [4.69, 9.17) is 9.72 Å². The van der Waals surface area contributed by atoms with Crippen LogP contribution in [0.4, 0.5) is 10.8 Å². The van der Waals surface area contributed by atoms with E-state index in [1.165, 1.54) is 30.0 Å². The van der Waals surface area contributed by atoms with Crippen molar-refractivity contribution in [2.24, 2.45) is 11.8 Å². The van der Waals surface area contributed by atoms with Gasteiger partial charge in [0.15, 0.2) is 5.13 Å². The molecule has 3 aromatic carbocycles. The lowest BCUT2D eigenvalue weighted by Crippen LogP contribution is -2.46. The molecule has 0 saturated carbocycles. The van der Waals surface area contributed by atoms with Crippen LogP contribution in [0.5, 0.6) is 5.75 Å². The van der Waals surface area contributed by atoms with Crippen molar-refractivity contribution in [1.29, 1.82) is 0 Å². The maximum atomic E-state index is 13.2. The number of benzene rings is 3. The third kappa shape index (κ3) is 5.95. The van der Waals surface area contributed by atoms with E-state index in [1.807, 2.05) is 18.2 Å². The number of carbonyl (C=O) groups is 1. The van der Waals surface area contributed by atoms with Crippen molar-refractivity contribution in [3.8, 4) is 5.75 Å². The zero-order valence-electron chi connectivity index (χ0n) is 23.3. The zero-order chi connectivity index (χ0) is 28.6. The Kier molecular flexibility index (Phi) is 7.72. The SMILES string of the molecule is CC1CC(C)CN(S(=O)(=O)c2ccc(C(=O)Oc3ccc4nc(N5CCN(c6ccccc6)CC5)sc4c3)cc2)C1. The highest BCUT2D eigenvalue weighted by atomic mass is 32.2. The van der Waals surface area contributed by atoms with Gasteiger partial charge in [0.05, 0.1) is 20.7 Å². The van der Waals surface area contributed by atoms with Gasteiger partial charge in [-0.25, -0.2) is 18.2 Å². The highest BCUT2D eigenvalue weighted by Crippen LogP contribution is 2.33. The molecule has 0 aliphatic carbocycles. The van der Waals surface area contributed by atoms with Gasteiger partial charge in [0.25, 0.3) is 0 Å². The van der Waals surface area contributed by atoms with Crippen LogP contribution in [0.25, 0.3) is 10.2 Å². The van der Waals surface area contributed by atoms with E-state index in [0.717, 1.165) is 47.9 Å². The molecule has 41 heavy (non-hydrogen) atoms. The summed E-state index contributed by atoms with van der Waals surface area (Å²) in [6, 6.07) is 21.9. The fourth-order valence-electron chi connectivity index (χ4n) is 5.77. The number of piperidine rings is 1. The molecule has 0 radical (unpaired) electrons. The van der Waals surface area contributed by atoms with Gasteiger partial charge >= 0.3 is 5.97 Å². The molecule has 2 saturated heterocycles. The molecule has 2 atom stereocenters. The number of nitrogens with zero attached hydrogens (tertiary/aromatic N) is 4. The quantitative estimate of drug-likeness (QED) is 0.216. The van der Waals surface area contributed by atoms with Crippen LogP contribution in [0.2, 0.25) is 0 Å². The molecule has 2 aliphatic heterocycles. The Balaban J connectivity index is 1.10. The number of sulfonamides is 1. The van der Waals surface area contributed by atoms with Gasteiger partial charge in [-0.2, -0.15) is 4.31 Å². The normalized spacial score (nSPS) is 20.3. The van der Waals surface area contributed by atoms with E-state index in [-0.39, 0.29) is 4.90 Å². The number of anilines is 2. The first kappa shape index (κ1) is 27.7. The van der Waals surface area contributed by atoms with Crippen molar-refractivity contribution >= 4 is 48.4 Å². The van der Waals surface area contributed by atoms with Crippen LogP contribution >= 0.6 is 11.3 Å². The molecule has 0 spiro atoms. The second-order valence-corrected chi connectivity index (χ2v) is 14.1. The number of piperazine rings is 1. The number of esters is 1. The molecule has 2 unspecified atom stereocenters. The van der Waals surface area contributed by atoms with Gasteiger partial charge in [0.2, 0.25) is 10.0 Å². The number of aromatic nitrogens is 1. The van der Waals surface area contributed by atoms with Gasteiger partial charge in [-0.3, -0.25) is 0 Å². The fourth-order valence-corrected chi connectivity index (χ4v) is 8.49. The molecule has 0 amide bonds. The first-order chi connectivity index (χ1) is 19.8. The fraction of sp³-hybridized carbons (Fsp3) is 0.355. The van der Waals surface area contributed by atoms with E-state index >= 15 is 0 Å². The van der Waals surface area contributed by atoms with Gasteiger partial charge < -0.3 is 14.5 Å². The Bertz CT molecular complexity index is 1620. The predicted octanol–water partition coefficient (Wildman–Crippen LogP) is 5.51. The van der Waals surface area contributed by atoms with E-state index in [0.29, 0.717) is 36.2 Å². The molecule has 4 aromatic rings. The first-order valence-electron chi connectivity index (χ1n) is 14.0. The van der Waals surface area contributed by atoms with Crippen LogP contribution in [0.15, 0.2) is 77.7 Å². The maximum absolute atomic E-state index is 13.2. The maximum Gasteiger partial charge on any atom is 0.343 e. The van der Waals surface area contributed by atoms with Crippen molar-refractivity contribution in [2.45, 2.75) is 25.2 Å². The number of fused-ring (bicyclic) bond motifs is 1. The van der Waals surface area contributed by atoms with Crippen molar-refractivity contribution in [1.82, 2.24) is 9.29 Å². The molecule has 2 aliphatic rings. The standard InChI is InChI=1S/C31H34N4O4S2/c1-22-18-23(2)21-35(20-22)41(37,38)27-11-8-24(9-12-27)30(36)39-26-10-13-28-29(19-26)40-31(32-28)34-16-14-33(15-17-34)25-6-4-3-5-7-25/h3-13,19,22-23H,14-18,20-21H2,1-2H3. The third-order valence-corrected chi connectivity index (χ3v) is 10.7. The lowest BCUT2D eigenvalue weighted by Gasteiger charge is -2.35. The summed E-state index contributed by atoms with van der Waals surface area (Å²) in [5.74, 6) is 0.536. The Morgan fingerprint density at radius 2 is 1.54 bits per heavy atom. The topological polar surface area (TPSA) is 83.0 Å². The van der Waals surface area contributed by atoms with Crippen LogP contribution in [0.3, 0.4) is 0 Å². The number of carbonyl (C=O) groups excluding carboxylic acids is 1. The van der Waals surface area contributed by atoms with Crippen LogP contribution in [0, 0.1) is 11.8 Å². The second-order valence-electron chi connectivity index (χ2n) is 11.1. The Morgan fingerprint density at radius 3 is 2.22 bits per heavy atom. The van der Waals surface area contributed by atoms with Crippen LogP contribution < -0.4 is 14.5 Å². The minimum atomic E-state index is -3.61. The highest BCUT2D eigenvalue weighted by Gasteiger charge is 2.31. The molecule has 214 valence electrons. The van der Waals surface area contributed by atoms with Gasteiger partial charge in [-0.1, -0.05) is 43.4 Å². The van der Waals surface area contributed by atoms with E-state index < -0.39 is 16.0 Å². The Labute approximate surface area is 245 Å². The second kappa shape index (κ2) is 11.4. The summed E-state index contributed by atoms with van der Waals surface area (Å²) in [7, 11) is -3.61. The predicted molar refractivity (Wildman–Crippen MR) is 164 cm³/mol. The average Bonchev–Trinajstić information content (AvgIpc) is 3.41. The number of ether oxygens (including phenoxy) is 1. The summed E-state index contributed by atoms with van der Waals surface area (Å²) in [5, 5.41) is 0.963. The Hall–Kier alpha value is -3.47. The first-order valence-corrected chi connectivity index (χ1v) is 16.3. The highest BCUT2D eigenvalue weighted by molar-refractivity contribution is 7.89. The summed E-state index contributed by atoms with van der Waals surface area (Å²) in [5.41, 5.74) is 2.40. The molecule has 10 heteroatoms. The molecule has 6 rings (SSSR count). The number of rotatable bonds is 6. The van der Waals surface area contributed by atoms with Gasteiger partial charge in [0.1, 0.15) is 5.75 Å². The minimum absolute atomic E-state index is 0.193. The monoisotopic (exact) mass is 590 g/mol. The lowest BCUT2D eigenvalue weighted by atomic mass is 9.94. The average molecular weight is 591 g/mol. The summed E-state index contributed by atoms with van der Waals surface area (Å²) in [6.07, 6.45) is 1.02. The lowest BCUT2D eigenvalue weighted by molar-refractivity contribution is 0.0735. The summed E-state index contributed by atoms with van der Waals surface area (Å²) < 4.78 is 34.5. The molecular weight excluding hydrogens is 556 g/mol.